The van der Waals surface area contributed by atoms with Gasteiger partial charge in [-0.15, -0.1) is 0 Å². The van der Waals surface area contributed by atoms with Gasteiger partial charge in [0.2, 0.25) is 0 Å². The first-order valence-corrected chi connectivity index (χ1v) is 9.17. The van der Waals surface area contributed by atoms with Gasteiger partial charge in [0.1, 0.15) is 10.7 Å². The molecule has 4 fully saturated rings. The second-order valence-corrected chi connectivity index (χ2v) is 8.58. The molecule has 0 N–H and O–H groups in total. The number of aromatic nitrogens is 3. The second kappa shape index (κ2) is 4.90. The van der Waals surface area contributed by atoms with E-state index < -0.39 is 6.43 Å². The normalized spacial score (nSPS) is 34.6. The van der Waals surface area contributed by atoms with Crippen LogP contribution in [0.15, 0.2) is 6.07 Å². The Morgan fingerprint density at radius 3 is 2.29 bits per heavy atom. The van der Waals surface area contributed by atoms with Crippen LogP contribution in [-0.2, 0) is 5.41 Å². The summed E-state index contributed by atoms with van der Waals surface area (Å²) in [7, 11) is 0. The Morgan fingerprint density at radius 2 is 1.75 bits per heavy atom. The molecule has 3 nitrogen and oxygen atoms in total. The Kier molecular flexibility index (Phi) is 3.08. The van der Waals surface area contributed by atoms with Crippen molar-refractivity contribution in [3.05, 3.63) is 28.2 Å². The standard InChI is InChI=1S/C18H20ClF2N3/c1-9-15(19)17-22-14(5-13(16(20)21)24(17)23-9)18-6-10-2-11(7-18)4-12(3-10)8-18/h5,10-12,16H,2-4,6-8H2,1H3. The third-order valence-corrected chi connectivity index (χ3v) is 6.97. The van der Waals surface area contributed by atoms with Crippen molar-refractivity contribution in [1.82, 2.24) is 14.6 Å². The van der Waals surface area contributed by atoms with Gasteiger partial charge in [-0.05, 0) is 69.3 Å². The van der Waals surface area contributed by atoms with Crippen molar-refractivity contribution in [2.75, 3.05) is 0 Å². The van der Waals surface area contributed by atoms with Gasteiger partial charge in [0.25, 0.3) is 6.43 Å². The maximum atomic E-state index is 13.7. The molecule has 4 saturated carbocycles. The average Bonchev–Trinajstić information content (AvgIpc) is 2.80. The molecule has 0 amide bonds. The van der Waals surface area contributed by atoms with Gasteiger partial charge in [-0.25, -0.2) is 18.3 Å². The molecule has 0 aliphatic heterocycles. The third kappa shape index (κ3) is 2.00. The lowest BCUT2D eigenvalue weighted by Crippen LogP contribution is -2.49. The van der Waals surface area contributed by atoms with Gasteiger partial charge in [0, 0.05) is 5.41 Å². The SMILES string of the molecule is Cc1nn2c(C(F)F)cc(C34CC5CC(CC(C5)C3)C4)nc2c1Cl. The van der Waals surface area contributed by atoms with Gasteiger partial charge in [-0.1, -0.05) is 11.6 Å². The fourth-order valence-corrected chi connectivity index (χ4v) is 6.13. The van der Waals surface area contributed by atoms with E-state index >= 15 is 0 Å². The summed E-state index contributed by atoms with van der Waals surface area (Å²) in [5.41, 5.74) is 1.65. The van der Waals surface area contributed by atoms with Crippen molar-refractivity contribution in [2.45, 2.75) is 57.3 Å². The molecule has 2 heterocycles. The predicted molar refractivity (Wildman–Crippen MR) is 87.5 cm³/mol. The van der Waals surface area contributed by atoms with Crippen molar-refractivity contribution in [2.24, 2.45) is 17.8 Å². The van der Waals surface area contributed by atoms with Crippen molar-refractivity contribution in [3.8, 4) is 0 Å². The summed E-state index contributed by atoms with van der Waals surface area (Å²) in [4.78, 5) is 4.76. The van der Waals surface area contributed by atoms with Crippen LogP contribution >= 0.6 is 11.6 Å². The number of aryl methyl sites for hydroxylation is 1. The molecular formula is C18H20ClF2N3. The van der Waals surface area contributed by atoms with Crippen LogP contribution in [0, 0.1) is 24.7 Å². The van der Waals surface area contributed by atoms with Gasteiger partial charge in [0.05, 0.1) is 11.4 Å². The van der Waals surface area contributed by atoms with Gasteiger partial charge in [-0.3, -0.25) is 0 Å². The van der Waals surface area contributed by atoms with Gasteiger partial charge in [0.15, 0.2) is 5.65 Å². The maximum Gasteiger partial charge on any atom is 0.280 e. The number of fused-ring (bicyclic) bond motifs is 1. The van der Waals surface area contributed by atoms with Gasteiger partial charge < -0.3 is 0 Å². The van der Waals surface area contributed by atoms with Crippen LogP contribution in [0.3, 0.4) is 0 Å². The van der Waals surface area contributed by atoms with E-state index in [1.54, 1.807) is 13.0 Å². The van der Waals surface area contributed by atoms with Crippen LogP contribution in [0.25, 0.3) is 5.65 Å². The lowest BCUT2D eigenvalue weighted by atomic mass is 9.49. The van der Waals surface area contributed by atoms with E-state index in [-0.39, 0.29) is 11.1 Å². The maximum absolute atomic E-state index is 13.7. The topological polar surface area (TPSA) is 30.2 Å². The van der Waals surface area contributed by atoms with E-state index in [1.165, 1.54) is 23.8 Å². The number of alkyl halides is 2. The summed E-state index contributed by atoms with van der Waals surface area (Å²) in [5.74, 6) is 2.23. The predicted octanol–water partition coefficient (Wildman–Crippen LogP) is 5.10. The third-order valence-electron chi connectivity index (χ3n) is 6.53. The van der Waals surface area contributed by atoms with Crippen LogP contribution in [-0.4, -0.2) is 14.6 Å². The molecule has 6 heteroatoms. The Morgan fingerprint density at radius 1 is 1.17 bits per heavy atom. The van der Waals surface area contributed by atoms with E-state index in [1.807, 2.05) is 0 Å². The molecule has 0 spiro atoms. The van der Waals surface area contributed by atoms with Crippen molar-refractivity contribution >= 4 is 17.2 Å². The van der Waals surface area contributed by atoms with Crippen LogP contribution in [0.1, 0.15) is 62.0 Å². The Hall–Kier alpha value is -1.23. The van der Waals surface area contributed by atoms with E-state index in [2.05, 4.69) is 5.10 Å². The molecule has 6 rings (SSSR count). The summed E-state index contributed by atoms with van der Waals surface area (Å²) in [6.45, 7) is 1.73. The fourth-order valence-electron chi connectivity index (χ4n) is 5.97. The highest BCUT2D eigenvalue weighted by atomic mass is 35.5. The highest BCUT2D eigenvalue weighted by Crippen LogP contribution is 2.60. The molecule has 2 aromatic rings. The molecule has 0 unspecified atom stereocenters. The quantitative estimate of drug-likeness (QED) is 0.753. The first-order chi connectivity index (χ1) is 11.4. The van der Waals surface area contributed by atoms with Crippen LogP contribution in [0.4, 0.5) is 8.78 Å². The van der Waals surface area contributed by atoms with E-state index in [0.717, 1.165) is 42.7 Å². The molecule has 2 aromatic heterocycles. The minimum atomic E-state index is -2.58. The zero-order valence-corrected chi connectivity index (χ0v) is 14.4. The Labute approximate surface area is 144 Å². The number of nitrogens with zero attached hydrogens (tertiary/aromatic N) is 3. The Balaban J connectivity index is 1.71. The first-order valence-electron chi connectivity index (χ1n) is 8.79. The molecule has 0 radical (unpaired) electrons. The van der Waals surface area contributed by atoms with Crippen molar-refractivity contribution < 1.29 is 8.78 Å². The highest BCUT2D eigenvalue weighted by Gasteiger charge is 2.52. The van der Waals surface area contributed by atoms with Gasteiger partial charge >= 0.3 is 0 Å². The lowest BCUT2D eigenvalue weighted by Gasteiger charge is -2.56. The molecule has 0 atom stereocenters. The van der Waals surface area contributed by atoms with Crippen molar-refractivity contribution in [1.29, 1.82) is 0 Å². The molecule has 0 saturated heterocycles. The highest BCUT2D eigenvalue weighted by molar-refractivity contribution is 6.34. The smallest absolute Gasteiger partial charge is 0.232 e. The van der Waals surface area contributed by atoms with Crippen LogP contribution in [0.5, 0.6) is 0 Å². The summed E-state index contributed by atoms with van der Waals surface area (Å²) >= 11 is 6.31. The molecule has 4 bridgehead atoms. The average molecular weight is 352 g/mol. The van der Waals surface area contributed by atoms with Gasteiger partial charge in [-0.2, -0.15) is 5.10 Å². The molecule has 0 aromatic carbocycles. The molecular weight excluding hydrogens is 332 g/mol. The summed E-state index contributed by atoms with van der Waals surface area (Å²) < 4.78 is 28.5. The molecule has 4 aliphatic rings. The zero-order valence-electron chi connectivity index (χ0n) is 13.6. The van der Waals surface area contributed by atoms with E-state index in [9.17, 15) is 8.78 Å². The molecule has 4 aliphatic carbocycles. The number of hydrogen-bond acceptors (Lipinski definition) is 2. The Bertz CT molecular complexity index is 794. The first kappa shape index (κ1) is 15.1. The minimum absolute atomic E-state index is 0.0261. The van der Waals surface area contributed by atoms with E-state index in [0.29, 0.717) is 16.4 Å². The van der Waals surface area contributed by atoms with Crippen LogP contribution in [0.2, 0.25) is 5.02 Å². The van der Waals surface area contributed by atoms with Crippen LogP contribution < -0.4 is 0 Å². The molecule has 128 valence electrons. The fraction of sp³-hybridized carbons (Fsp3) is 0.667. The van der Waals surface area contributed by atoms with E-state index in [4.69, 9.17) is 16.6 Å². The molecule has 24 heavy (non-hydrogen) atoms. The summed E-state index contributed by atoms with van der Waals surface area (Å²) in [5, 5.41) is 4.56. The largest absolute Gasteiger partial charge is 0.280 e. The summed E-state index contributed by atoms with van der Waals surface area (Å²) in [6.07, 6.45) is 4.64. The monoisotopic (exact) mass is 351 g/mol. The second-order valence-electron chi connectivity index (χ2n) is 8.20. The zero-order chi connectivity index (χ0) is 16.6. The summed E-state index contributed by atoms with van der Waals surface area (Å²) in [6, 6.07) is 1.60. The number of rotatable bonds is 2. The minimum Gasteiger partial charge on any atom is -0.232 e. The lowest BCUT2D eigenvalue weighted by molar-refractivity contribution is -0.00733. The van der Waals surface area contributed by atoms with Crippen molar-refractivity contribution in [3.63, 3.8) is 0 Å². The number of hydrogen-bond donors (Lipinski definition) is 0. The number of halogens is 3.